The summed E-state index contributed by atoms with van der Waals surface area (Å²) < 4.78 is 26.6. The molecule has 1 saturated heterocycles. The largest absolute Gasteiger partial charge is 0.328 e. The molecule has 0 aliphatic carbocycles. The number of benzene rings is 1. The standard InChI is InChI=1S/C12H16Cl2N2O2S/c1-8-6-9(15)4-5-16(8)19(17,18)10-2-3-11(13)12(14)7-10/h2-3,7-9H,4-6,15H2,1H3. The fraction of sp³-hybridized carbons (Fsp3) is 0.500. The van der Waals surface area contributed by atoms with Crippen molar-refractivity contribution in [1.82, 2.24) is 4.31 Å². The van der Waals surface area contributed by atoms with E-state index in [4.69, 9.17) is 28.9 Å². The van der Waals surface area contributed by atoms with E-state index in [1.165, 1.54) is 22.5 Å². The third-order valence-corrected chi connectivity index (χ3v) is 6.10. The Hall–Kier alpha value is -0.330. The summed E-state index contributed by atoms with van der Waals surface area (Å²) in [6.45, 7) is 2.30. The van der Waals surface area contributed by atoms with Crippen molar-refractivity contribution in [2.24, 2.45) is 5.73 Å². The van der Waals surface area contributed by atoms with Gasteiger partial charge in [-0.25, -0.2) is 8.42 Å². The Balaban J connectivity index is 2.34. The quantitative estimate of drug-likeness (QED) is 0.909. The topological polar surface area (TPSA) is 63.4 Å². The van der Waals surface area contributed by atoms with Crippen LogP contribution in [0.3, 0.4) is 0 Å². The van der Waals surface area contributed by atoms with Gasteiger partial charge in [0, 0.05) is 18.6 Å². The first kappa shape index (κ1) is 15.1. The monoisotopic (exact) mass is 322 g/mol. The lowest BCUT2D eigenvalue weighted by molar-refractivity contribution is 0.247. The van der Waals surface area contributed by atoms with E-state index in [2.05, 4.69) is 0 Å². The Kier molecular flexibility index (Phi) is 4.42. The SMILES string of the molecule is CC1CC(N)CCN1S(=O)(=O)c1ccc(Cl)c(Cl)c1. The van der Waals surface area contributed by atoms with Crippen LogP contribution in [0.5, 0.6) is 0 Å². The van der Waals surface area contributed by atoms with E-state index in [1.807, 2.05) is 6.92 Å². The molecule has 2 N–H and O–H groups in total. The zero-order valence-electron chi connectivity index (χ0n) is 10.5. The number of rotatable bonds is 2. The van der Waals surface area contributed by atoms with Crippen molar-refractivity contribution < 1.29 is 8.42 Å². The zero-order valence-corrected chi connectivity index (χ0v) is 12.8. The van der Waals surface area contributed by atoms with Gasteiger partial charge in [-0.3, -0.25) is 0 Å². The van der Waals surface area contributed by atoms with Crippen LogP contribution >= 0.6 is 23.2 Å². The lowest BCUT2D eigenvalue weighted by atomic mass is 10.0. The predicted molar refractivity (Wildman–Crippen MR) is 77.0 cm³/mol. The smallest absolute Gasteiger partial charge is 0.243 e. The molecule has 1 aromatic carbocycles. The fourth-order valence-corrected chi connectivity index (χ4v) is 4.36. The molecule has 1 aliphatic heterocycles. The number of nitrogens with two attached hydrogens (primary N) is 1. The molecule has 4 nitrogen and oxygen atoms in total. The second-order valence-electron chi connectivity index (χ2n) is 4.83. The van der Waals surface area contributed by atoms with Crippen LogP contribution in [0.1, 0.15) is 19.8 Å². The lowest BCUT2D eigenvalue weighted by Gasteiger charge is -2.35. The summed E-state index contributed by atoms with van der Waals surface area (Å²) in [5.41, 5.74) is 5.85. The number of hydrogen-bond acceptors (Lipinski definition) is 3. The molecule has 0 spiro atoms. The van der Waals surface area contributed by atoms with Gasteiger partial charge in [0.15, 0.2) is 0 Å². The van der Waals surface area contributed by atoms with Crippen molar-refractivity contribution in [1.29, 1.82) is 0 Å². The van der Waals surface area contributed by atoms with Gasteiger partial charge in [0.1, 0.15) is 0 Å². The van der Waals surface area contributed by atoms with Crippen LogP contribution in [0.4, 0.5) is 0 Å². The maximum Gasteiger partial charge on any atom is 0.243 e. The summed E-state index contributed by atoms with van der Waals surface area (Å²) in [5, 5.41) is 0.582. The number of piperidine rings is 1. The van der Waals surface area contributed by atoms with Gasteiger partial charge >= 0.3 is 0 Å². The van der Waals surface area contributed by atoms with Crippen molar-refractivity contribution in [3.05, 3.63) is 28.2 Å². The highest BCUT2D eigenvalue weighted by Crippen LogP contribution is 2.29. The summed E-state index contributed by atoms with van der Waals surface area (Å²) in [6.07, 6.45) is 1.34. The Morgan fingerprint density at radius 1 is 1.32 bits per heavy atom. The van der Waals surface area contributed by atoms with E-state index in [1.54, 1.807) is 0 Å². The minimum atomic E-state index is -3.54. The molecule has 0 radical (unpaired) electrons. The first-order valence-electron chi connectivity index (χ1n) is 6.05. The van der Waals surface area contributed by atoms with Crippen molar-refractivity contribution in [3.8, 4) is 0 Å². The summed E-state index contributed by atoms with van der Waals surface area (Å²) >= 11 is 11.7. The number of sulfonamides is 1. The molecule has 0 aromatic heterocycles. The van der Waals surface area contributed by atoms with Crippen LogP contribution in [0.2, 0.25) is 10.0 Å². The van der Waals surface area contributed by atoms with E-state index >= 15 is 0 Å². The van der Waals surface area contributed by atoms with Crippen molar-refractivity contribution >= 4 is 33.2 Å². The third kappa shape index (κ3) is 3.06. The molecule has 7 heteroatoms. The van der Waals surface area contributed by atoms with Gasteiger partial charge in [0.2, 0.25) is 10.0 Å². The van der Waals surface area contributed by atoms with Crippen molar-refractivity contribution in [2.45, 2.75) is 36.7 Å². The summed E-state index contributed by atoms with van der Waals surface area (Å²) in [5.74, 6) is 0. The number of hydrogen-bond donors (Lipinski definition) is 1. The van der Waals surface area contributed by atoms with E-state index in [-0.39, 0.29) is 22.0 Å². The fourth-order valence-electron chi connectivity index (χ4n) is 2.32. The van der Waals surface area contributed by atoms with E-state index in [9.17, 15) is 8.42 Å². The predicted octanol–water partition coefficient (Wildman–Crippen LogP) is 2.49. The molecule has 19 heavy (non-hydrogen) atoms. The van der Waals surface area contributed by atoms with E-state index in [0.29, 0.717) is 24.4 Å². The number of halogens is 2. The van der Waals surface area contributed by atoms with Crippen LogP contribution in [-0.4, -0.2) is 31.4 Å². The molecule has 2 unspecified atom stereocenters. The molecule has 1 aliphatic rings. The zero-order chi connectivity index (χ0) is 14.2. The molecular weight excluding hydrogens is 307 g/mol. The van der Waals surface area contributed by atoms with Gasteiger partial charge in [-0.15, -0.1) is 0 Å². The average Bonchev–Trinajstić information content (AvgIpc) is 2.32. The third-order valence-electron chi connectivity index (χ3n) is 3.35. The van der Waals surface area contributed by atoms with Crippen LogP contribution < -0.4 is 5.73 Å². The maximum absolute atomic E-state index is 12.6. The van der Waals surface area contributed by atoms with Crippen LogP contribution in [0.15, 0.2) is 23.1 Å². The van der Waals surface area contributed by atoms with Gasteiger partial charge < -0.3 is 5.73 Å². The molecule has 106 valence electrons. The van der Waals surface area contributed by atoms with Gasteiger partial charge in [-0.1, -0.05) is 23.2 Å². The van der Waals surface area contributed by atoms with Crippen LogP contribution in [0.25, 0.3) is 0 Å². The first-order chi connectivity index (χ1) is 8.82. The van der Waals surface area contributed by atoms with Gasteiger partial charge in [-0.2, -0.15) is 4.31 Å². The molecule has 0 bridgehead atoms. The highest BCUT2D eigenvalue weighted by Gasteiger charge is 2.33. The molecule has 1 aromatic rings. The van der Waals surface area contributed by atoms with E-state index < -0.39 is 10.0 Å². The summed E-state index contributed by atoms with van der Waals surface area (Å²) in [4.78, 5) is 0.171. The maximum atomic E-state index is 12.6. The highest BCUT2D eigenvalue weighted by molar-refractivity contribution is 7.89. The Morgan fingerprint density at radius 2 is 2.00 bits per heavy atom. The van der Waals surface area contributed by atoms with Gasteiger partial charge in [0.05, 0.1) is 14.9 Å². The molecule has 0 saturated carbocycles. The second kappa shape index (κ2) is 5.58. The molecule has 1 fully saturated rings. The molecule has 0 amide bonds. The van der Waals surface area contributed by atoms with Gasteiger partial charge in [-0.05, 0) is 38.0 Å². The average molecular weight is 323 g/mol. The molecule has 2 rings (SSSR count). The molecule has 2 atom stereocenters. The first-order valence-corrected chi connectivity index (χ1v) is 8.24. The second-order valence-corrected chi connectivity index (χ2v) is 7.53. The van der Waals surface area contributed by atoms with Crippen LogP contribution in [-0.2, 0) is 10.0 Å². The molecular formula is C12H16Cl2N2O2S. The van der Waals surface area contributed by atoms with E-state index in [0.717, 1.165) is 0 Å². The molecule has 1 heterocycles. The minimum Gasteiger partial charge on any atom is -0.328 e. The highest BCUT2D eigenvalue weighted by atomic mass is 35.5. The Morgan fingerprint density at radius 3 is 2.58 bits per heavy atom. The summed E-state index contributed by atoms with van der Waals surface area (Å²) in [6, 6.07) is 4.32. The van der Waals surface area contributed by atoms with Gasteiger partial charge in [0.25, 0.3) is 0 Å². The lowest BCUT2D eigenvalue weighted by Crippen LogP contribution is -2.48. The normalized spacial score (nSPS) is 25.5. The Bertz CT molecular complexity index is 577. The minimum absolute atomic E-state index is 0.0651. The Labute approximate surface area is 123 Å². The van der Waals surface area contributed by atoms with Crippen molar-refractivity contribution in [3.63, 3.8) is 0 Å². The van der Waals surface area contributed by atoms with Crippen LogP contribution in [0, 0.1) is 0 Å². The number of nitrogens with zero attached hydrogens (tertiary/aromatic N) is 1. The van der Waals surface area contributed by atoms with Crippen molar-refractivity contribution in [2.75, 3.05) is 6.54 Å². The summed E-state index contributed by atoms with van der Waals surface area (Å²) in [7, 11) is -3.54.